The van der Waals surface area contributed by atoms with Gasteiger partial charge in [-0.2, -0.15) is 4.98 Å². The molecule has 6 heteroatoms. The first-order valence-electron chi connectivity index (χ1n) is 6.88. The second kappa shape index (κ2) is 4.72. The van der Waals surface area contributed by atoms with Crippen LogP contribution in [0, 0.1) is 0 Å². The average molecular weight is 269 g/mol. The Morgan fingerprint density at radius 1 is 1.25 bits per heavy atom. The van der Waals surface area contributed by atoms with Crippen molar-refractivity contribution in [2.75, 3.05) is 6.54 Å². The minimum absolute atomic E-state index is 0.215. The summed E-state index contributed by atoms with van der Waals surface area (Å²) >= 11 is 0. The zero-order valence-electron chi connectivity index (χ0n) is 11.0. The standard InChI is InChI=1S/C14H15N5O/c1-2-5-10-9(4-1)16-12(17-10)8-13-18-14(20-19-13)11-6-3-7-15-11/h1-2,4-5,11,15H,3,6-8H2,(H,16,17)/t11-/m0/s1. The minimum atomic E-state index is 0.215. The molecule has 0 unspecified atom stereocenters. The molecule has 0 saturated carbocycles. The SMILES string of the molecule is c1ccc2[nH]c(Cc3noc([C@@H]4CCCN4)n3)nc2c1. The number of hydrogen-bond donors (Lipinski definition) is 2. The zero-order chi connectivity index (χ0) is 13.4. The van der Waals surface area contributed by atoms with E-state index >= 15 is 0 Å². The Balaban J connectivity index is 1.56. The molecule has 3 heterocycles. The Morgan fingerprint density at radius 3 is 3.05 bits per heavy atom. The van der Waals surface area contributed by atoms with Gasteiger partial charge in [-0.3, -0.25) is 0 Å². The molecule has 102 valence electrons. The van der Waals surface area contributed by atoms with Crippen molar-refractivity contribution in [3.63, 3.8) is 0 Å². The molecular weight excluding hydrogens is 254 g/mol. The van der Waals surface area contributed by atoms with E-state index in [9.17, 15) is 0 Å². The van der Waals surface area contributed by atoms with Gasteiger partial charge in [0.1, 0.15) is 5.82 Å². The molecule has 4 rings (SSSR count). The number of aromatic amines is 1. The van der Waals surface area contributed by atoms with Crippen molar-refractivity contribution in [3.8, 4) is 0 Å². The lowest BCUT2D eigenvalue weighted by Gasteiger charge is -2.01. The predicted molar refractivity (Wildman–Crippen MR) is 73.2 cm³/mol. The maximum absolute atomic E-state index is 5.33. The van der Waals surface area contributed by atoms with Crippen LogP contribution in [0.5, 0.6) is 0 Å². The van der Waals surface area contributed by atoms with Gasteiger partial charge in [0.25, 0.3) is 0 Å². The predicted octanol–water partition coefficient (Wildman–Crippen LogP) is 1.96. The lowest BCUT2D eigenvalue weighted by atomic mass is 10.2. The van der Waals surface area contributed by atoms with Gasteiger partial charge in [-0.05, 0) is 31.5 Å². The first kappa shape index (κ1) is 11.6. The average Bonchev–Trinajstić information content (AvgIpc) is 3.18. The number of rotatable bonds is 3. The van der Waals surface area contributed by atoms with Gasteiger partial charge in [0, 0.05) is 0 Å². The fourth-order valence-electron chi connectivity index (χ4n) is 2.62. The number of imidazole rings is 1. The number of nitrogens with one attached hydrogen (secondary N) is 2. The summed E-state index contributed by atoms with van der Waals surface area (Å²) in [7, 11) is 0. The Labute approximate surface area is 115 Å². The quantitative estimate of drug-likeness (QED) is 0.759. The number of para-hydroxylation sites is 2. The van der Waals surface area contributed by atoms with Crippen LogP contribution in [0.25, 0.3) is 11.0 Å². The molecule has 1 aromatic carbocycles. The molecular formula is C14H15N5O. The van der Waals surface area contributed by atoms with Gasteiger partial charge in [-0.15, -0.1) is 0 Å². The molecule has 20 heavy (non-hydrogen) atoms. The maximum atomic E-state index is 5.33. The van der Waals surface area contributed by atoms with Crippen LogP contribution in [0.3, 0.4) is 0 Å². The lowest BCUT2D eigenvalue weighted by Crippen LogP contribution is -2.13. The Bertz CT molecular complexity index is 693. The van der Waals surface area contributed by atoms with E-state index in [-0.39, 0.29) is 6.04 Å². The molecule has 2 N–H and O–H groups in total. The van der Waals surface area contributed by atoms with E-state index in [0.29, 0.717) is 18.1 Å². The fourth-order valence-corrected chi connectivity index (χ4v) is 2.62. The molecule has 1 atom stereocenters. The van der Waals surface area contributed by atoms with E-state index in [2.05, 4.69) is 25.4 Å². The van der Waals surface area contributed by atoms with Crippen molar-refractivity contribution in [2.24, 2.45) is 0 Å². The van der Waals surface area contributed by atoms with Crippen LogP contribution in [-0.2, 0) is 6.42 Å². The summed E-state index contributed by atoms with van der Waals surface area (Å²) in [5.74, 6) is 2.22. The molecule has 1 aliphatic rings. The Kier molecular flexibility index (Phi) is 2.74. The van der Waals surface area contributed by atoms with Crippen molar-refractivity contribution >= 4 is 11.0 Å². The van der Waals surface area contributed by atoms with Crippen LogP contribution >= 0.6 is 0 Å². The molecule has 0 amide bonds. The topological polar surface area (TPSA) is 79.6 Å². The highest BCUT2D eigenvalue weighted by Crippen LogP contribution is 2.21. The summed E-state index contributed by atoms with van der Waals surface area (Å²) in [4.78, 5) is 12.3. The second-order valence-corrected chi connectivity index (χ2v) is 5.08. The van der Waals surface area contributed by atoms with Crippen molar-refractivity contribution < 1.29 is 4.52 Å². The minimum Gasteiger partial charge on any atom is -0.342 e. The van der Waals surface area contributed by atoms with Gasteiger partial charge in [0.05, 0.1) is 23.5 Å². The molecule has 1 saturated heterocycles. The molecule has 0 aliphatic carbocycles. The number of nitrogens with zero attached hydrogens (tertiary/aromatic N) is 3. The third-order valence-corrected chi connectivity index (χ3v) is 3.61. The number of aromatic nitrogens is 4. The van der Waals surface area contributed by atoms with Crippen LogP contribution in [0.4, 0.5) is 0 Å². The van der Waals surface area contributed by atoms with Gasteiger partial charge >= 0.3 is 0 Å². The summed E-state index contributed by atoms with van der Waals surface area (Å²) in [6.45, 7) is 1.02. The number of hydrogen-bond acceptors (Lipinski definition) is 5. The normalized spacial score (nSPS) is 18.9. The highest BCUT2D eigenvalue weighted by molar-refractivity contribution is 5.74. The number of H-pyrrole nitrogens is 1. The van der Waals surface area contributed by atoms with Gasteiger partial charge < -0.3 is 14.8 Å². The van der Waals surface area contributed by atoms with Crippen LogP contribution < -0.4 is 5.32 Å². The van der Waals surface area contributed by atoms with Crippen LogP contribution in [0.15, 0.2) is 28.8 Å². The summed E-state index contributed by atoms with van der Waals surface area (Å²) in [5, 5.41) is 7.39. The van der Waals surface area contributed by atoms with Gasteiger partial charge in [0.2, 0.25) is 5.89 Å². The Hall–Kier alpha value is -2.21. The summed E-state index contributed by atoms with van der Waals surface area (Å²) in [5.41, 5.74) is 1.99. The molecule has 6 nitrogen and oxygen atoms in total. The maximum Gasteiger partial charge on any atom is 0.243 e. The van der Waals surface area contributed by atoms with E-state index in [0.717, 1.165) is 36.2 Å². The van der Waals surface area contributed by atoms with Gasteiger partial charge in [-0.1, -0.05) is 17.3 Å². The molecule has 0 bridgehead atoms. The van der Waals surface area contributed by atoms with Crippen molar-refractivity contribution in [2.45, 2.75) is 25.3 Å². The lowest BCUT2D eigenvalue weighted by molar-refractivity contribution is 0.341. The Morgan fingerprint density at radius 2 is 2.20 bits per heavy atom. The monoisotopic (exact) mass is 269 g/mol. The molecule has 1 aliphatic heterocycles. The molecule has 0 radical (unpaired) electrons. The second-order valence-electron chi connectivity index (χ2n) is 5.08. The third-order valence-electron chi connectivity index (χ3n) is 3.61. The number of benzene rings is 1. The highest BCUT2D eigenvalue weighted by Gasteiger charge is 2.22. The van der Waals surface area contributed by atoms with Crippen molar-refractivity contribution in [1.82, 2.24) is 25.4 Å². The van der Waals surface area contributed by atoms with Crippen molar-refractivity contribution in [1.29, 1.82) is 0 Å². The third kappa shape index (κ3) is 2.08. The van der Waals surface area contributed by atoms with E-state index in [1.165, 1.54) is 0 Å². The largest absolute Gasteiger partial charge is 0.342 e. The van der Waals surface area contributed by atoms with Crippen molar-refractivity contribution in [3.05, 3.63) is 41.8 Å². The molecule has 3 aromatic rings. The smallest absolute Gasteiger partial charge is 0.243 e. The van der Waals surface area contributed by atoms with E-state index in [4.69, 9.17) is 4.52 Å². The molecule has 1 fully saturated rings. The van der Waals surface area contributed by atoms with Crippen LogP contribution in [-0.4, -0.2) is 26.7 Å². The van der Waals surface area contributed by atoms with Crippen LogP contribution in [0.1, 0.15) is 36.4 Å². The van der Waals surface area contributed by atoms with Crippen LogP contribution in [0.2, 0.25) is 0 Å². The zero-order valence-corrected chi connectivity index (χ0v) is 11.0. The summed E-state index contributed by atoms with van der Waals surface area (Å²) in [6, 6.07) is 8.18. The fraction of sp³-hybridized carbons (Fsp3) is 0.357. The first-order valence-corrected chi connectivity index (χ1v) is 6.88. The van der Waals surface area contributed by atoms with Gasteiger partial charge in [0.15, 0.2) is 5.82 Å². The first-order chi connectivity index (χ1) is 9.88. The summed E-state index contributed by atoms with van der Waals surface area (Å²) in [6.07, 6.45) is 2.78. The number of fused-ring (bicyclic) bond motifs is 1. The summed E-state index contributed by atoms with van der Waals surface area (Å²) < 4.78 is 5.33. The van der Waals surface area contributed by atoms with E-state index in [1.807, 2.05) is 24.3 Å². The van der Waals surface area contributed by atoms with Gasteiger partial charge in [-0.25, -0.2) is 4.98 Å². The van der Waals surface area contributed by atoms with E-state index in [1.54, 1.807) is 0 Å². The molecule has 0 spiro atoms. The highest BCUT2D eigenvalue weighted by atomic mass is 16.5. The molecule has 2 aromatic heterocycles. The van der Waals surface area contributed by atoms with E-state index < -0.39 is 0 Å².